The minimum Gasteiger partial charge on any atom is -0.349 e. The van der Waals surface area contributed by atoms with E-state index in [-0.39, 0.29) is 11.9 Å². The van der Waals surface area contributed by atoms with Gasteiger partial charge in [-0.3, -0.25) is 14.7 Å². The van der Waals surface area contributed by atoms with E-state index in [4.69, 9.17) is 4.98 Å². The van der Waals surface area contributed by atoms with Crippen LogP contribution in [0.25, 0.3) is 6.08 Å². The van der Waals surface area contributed by atoms with Crippen molar-refractivity contribution in [2.24, 2.45) is 10.9 Å². The predicted octanol–water partition coefficient (Wildman–Crippen LogP) is 6.24. The minimum absolute atomic E-state index is 0.0113. The largest absolute Gasteiger partial charge is 0.349 e. The van der Waals surface area contributed by atoms with E-state index in [1.54, 1.807) is 12.3 Å². The molecule has 1 N–H and O–H groups in total. The monoisotopic (exact) mass is 519 g/mol. The molecule has 2 aromatic rings. The van der Waals surface area contributed by atoms with Crippen LogP contribution >= 0.6 is 11.3 Å². The maximum atomic E-state index is 13.0. The second kappa shape index (κ2) is 12.4. The zero-order chi connectivity index (χ0) is 25.6. The molecular formula is C30H41N5OS. The fraction of sp³-hybridized carbons (Fsp3) is 0.567. The minimum atomic E-state index is -0.0113. The predicted molar refractivity (Wildman–Crippen MR) is 155 cm³/mol. The van der Waals surface area contributed by atoms with Gasteiger partial charge in [0.25, 0.3) is 5.91 Å². The first-order valence-corrected chi connectivity index (χ1v) is 15.0. The third kappa shape index (κ3) is 6.32. The number of piperidine rings is 1. The summed E-state index contributed by atoms with van der Waals surface area (Å²) in [6.07, 6.45) is 14.3. The number of rotatable bonds is 8. The number of benzene rings is 1. The summed E-state index contributed by atoms with van der Waals surface area (Å²) in [6, 6.07) is 5.93. The number of anilines is 1. The molecule has 1 aliphatic carbocycles. The Morgan fingerprint density at radius 1 is 1.19 bits per heavy atom. The van der Waals surface area contributed by atoms with Crippen LogP contribution in [-0.4, -0.2) is 54.2 Å². The average molecular weight is 520 g/mol. The lowest BCUT2D eigenvalue weighted by Gasteiger charge is -2.32. The lowest BCUT2D eigenvalue weighted by Crippen LogP contribution is -2.38. The number of amides is 1. The molecule has 1 saturated carbocycles. The number of carbonyl (C=O) groups is 1. The molecule has 198 valence electrons. The van der Waals surface area contributed by atoms with Crippen LogP contribution in [0.3, 0.4) is 0 Å². The molecule has 0 bridgehead atoms. The number of aliphatic imine (C=N–C) groups is 1. The van der Waals surface area contributed by atoms with Crippen LogP contribution in [0.2, 0.25) is 0 Å². The molecule has 5 rings (SSSR count). The summed E-state index contributed by atoms with van der Waals surface area (Å²) in [5.74, 6) is 0.739. The Morgan fingerprint density at radius 2 is 2.00 bits per heavy atom. The zero-order valence-electron chi connectivity index (χ0n) is 22.3. The molecule has 0 unspecified atom stereocenters. The maximum Gasteiger partial charge on any atom is 0.252 e. The quantitative estimate of drug-likeness (QED) is 0.420. The van der Waals surface area contributed by atoms with Gasteiger partial charge in [-0.15, -0.1) is 11.3 Å². The van der Waals surface area contributed by atoms with Gasteiger partial charge in [0.2, 0.25) is 0 Å². The highest BCUT2D eigenvalue weighted by atomic mass is 32.1. The van der Waals surface area contributed by atoms with Crippen molar-refractivity contribution in [2.45, 2.75) is 77.3 Å². The van der Waals surface area contributed by atoms with Crippen molar-refractivity contribution < 1.29 is 4.79 Å². The Bertz CT molecular complexity index is 1110. The van der Waals surface area contributed by atoms with E-state index in [1.807, 2.05) is 36.5 Å². The molecule has 37 heavy (non-hydrogen) atoms. The smallest absolute Gasteiger partial charge is 0.252 e. The van der Waals surface area contributed by atoms with Crippen LogP contribution in [0.15, 0.2) is 29.8 Å². The third-order valence-electron chi connectivity index (χ3n) is 8.26. The number of nitrogens with zero attached hydrogens (tertiary/aromatic N) is 4. The Labute approximate surface area is 225 Å². The second-order valence-corrected chi connectivity index (χ2v) is 11.8. The summed E-state index contributed by atoms with van der Waals surface area (Å²) >= 11 is 1.94. The van der Waals surface area contributed by atoms with E-state index >= 15 is 0 Å². The number of thiazole rings is 1. The molecule has 1 saturated heterocycles. The second-order valence-electron chi connectivity index (χ2n) is 10.7. The molecule has 0 atom stereocenters. The highest BCUT2D eigenvalue weighted by Crippen LogP contribution is 2.33. The molecule has 1 aromatic heterocycles. The lowest BCUT2D eigenvalue weighted by molar-refractivity contribution is 0.0919. The van der Waals surface area contributed by atoms with Crippen LogP contribution in [0.1, 0.15) is 84.8 Å². The summed E-state index contributed by atoms with van der Waals surface area (Å²) in [5.41, 5.74) is 3.59. The number of fused-ring (bicyclic) bond motifs is 1. The van der Waals surface area contributed by atoms with Gasteiger partial charge in [0.1, 0.15) is 0 Å². The lowest BCUT2D eigenvalue weighted by atomic mass is 9.84. The van der Waals surface area contributed by atoms with Crippen molar-refractivity contribution in [3.8, 4) is 0 Å². The standard InChI is InChI=1S/C30H41N5OS/c1-3-24-25(9-8-10-26(24)31-4-2)29(36)32-23-13-11-22(12-14-23)15-19-34-20-16-28-27(21-34)33-30(37-28)35-17-6-5-7-18-35/h3-4,8-10,22-23H,1,5-7,11-21H2,2H3,(H,32,36)/b31-4-/t22-,23-. The Balaban J connectivity index is 1.07. The van der Waals surface area contributed by atoms with Gasteiger partial charge >= 0.3 is 0 Å². The summed E-state index contributed by atoms with van der Waals surface area (Å²) in [4.78, 5) is 29.1. The number of aromatic nitrogens is 1. The first-order valence-electron chi connectivity index (χ1n) is 14.2. The van der Waals surface area contributed by atoms with Crippen molar-refractivity contribution in [3.63, 3.8) is 0 Å². The Hall–Kier alpha value is -2.51. The zero-order valence-corrected chi connectivity index (χ0v) is 23.1. The maximum absolute atomic E-state index is 13.0. The van der Waals surface area contributed by atoms with Crippen LogP contribution in [-0.2, 0) is 13.0 Å². The van der Waals surface area contributed by atoms with Crippen molar-refractivity contribution >= 4 is 40.4 Å². The van der Waals surface area contributed by atoms with Crippen molar-refractivity contribution in [1.29, 1.82) is 0 Å². The average Bonchev–Trinajstić information content (AvgIpc) is 3.37. The molecule has 6 nitrogen and oxygen atoms in total. The number of hydrogen-bond acceptors (Lipinski definition) is 6. The van der Waals surface area contributed by atoms with E-state index in [9.17, 15) is 4.79 Å². The molecule has 0 radical (unpaired) electrons. The molecule has 3 heterocycles. The number of nitrogens with one attached hydrogen (secondary N) is 1. The molecule has 1 amide bonds. The Kier molecular flexibility index (Phi) is 8.72. The molecule has 2 fully saturated rings. The summed E-state index contributed by atoms with van der Waals surface area (Å²) in [5, 5.41) is 4.55. The van der Waals surface area contributed by atoms with Gasteiger partial charge in [0.15, 0.2) is 5.13 Å². The molecule has 2 aliphatic heterocycles. The van der Waals surface area contributed by atoms with E-state index in [1.165, 1.54) is 67.3 Å². The number of carbonyl (C=O) groups excluding carboxylic acids is 1. The SMILES string of the molecule is C=Cc1c(/N=C\C)cccc1C(=O)N[C@H]1CC[C@H](CCN2CCc3sc(N4CCCCC4)nc3C2)CC1. The van der Waals surface area contributed by atoms with Gasteiger partial charge in [-0.25, -0.2) is 4.98 Å². The van der Waals surface area contributed by atoms with Crippen molar-refractivity contribution in [3.05, 3.63) is 46.5 Å². The van der Waals surface area contributed by atoms with Gasteiger partial charge in [-0.2, -0.15) is 0 Å². The third-order valence-corrected chi connectivity index (χ3v) is 9.48. The number of hydrogen-bond donors (Lipinski definition) is 1. The van der Waals surface area contributed by atoms with Crippen molar-refractivity contribution in [1.82, 2.24) is 15.2 Å². The summed E-state index contributed by atoms with van der Waals surface area (Å²) in [6.45, 7) is 11.5. The topological polar surface area (TPSA) is 60.8 Å². The van der Waals surface area contributed by atoms with Crippen LogP contribution < -0.4 is 10.2 Å². The fourth-order valence-electron chi connectivity index (χ4n) is 6.09. The molecular weight excluding hydrogens is 478 g/mol. The summed E-state index contributed by atoms with van der Waals surface area (Å²) < 4.78 is 0. The molecule has 7 heteroatoms. The van der Waals surface area contributed by atoms with Crippen LogP contribution in [0, 0.1) is 5.92 Å². The highest BCUT2D eigenvalue weighted by molar-refractivity contribution is 7.15. The van der Waals surface area contributed by atoms with Gasteiger partial charge in [0, 0.05) is 54.4 Å². The van der Waals surface area contributed by atoms with E-state index in [2.05, 4.69) is 26.7 Å². The normalized spacial score (nSPS) is 22.7. The van der Waals surface area contributed by atoms with Gasteiger partial charge in [-0.1, -0.05) is 18.7 Å². The Morgan fingerprint density at radius 3 is 2.76 bits per heavy atom. The van der Waals surface area contributed by atoms with Gasteiger partial charge in [0.05, 0.1) is 11.4 Å². The molecule has 1 aromatic carbocycles. The molecule has 0 spiro atoms. The van der Waals surface area contributed by atoms with Crippen LogP contribution in [0.5, 0.6) is 0 Å². The molecule has 3 aliphatic rings. The van der Waals surface area contributed by atoms with Crippen molar-refractivity contribution in [2.75, 3.05) is 31.1 Å². The van der Waals surface area contributed by atoms with E-state index < -0.39 is 0 Å². The first kappa shape index (κ1) is 26.1. The summed E-state index contributed by atoms with van der Waals surface area (Å²) in [7, 11) is 0. The highest BCUT2D eigenvalue weighted by Gasteiger charge is 2.26. The first-order chi connectivity index (χ1) is 18.1. The van der Waals surface area contributed by atoms with E-state index in [0.29, 0.717) is 5.56 Å². The van der Waals surface area contributed by atoms with Gasteiger partial charge in [-0.05, 0) is 89.3 Å². The van der Waals surface area contributed by atoms with E-state index in [0.717, 1.165) is 56.1 Å². The fourth-order valence-corrected chi connectivity index (χ4v) is 7.20. The van der Waals surface area contributed by atoms with Crippen LogP contribution in [0.4, 0.5) is 10.8 Å². The van der Waals surface area contributed by atoms with Gasteiger partial charge < -0.3 is 10.2 Å².